The number of benzene rings is 2. The van der Waals surface area contributed by atoms with Crippen molar-refractivity contribution in [3.05, 3.63) is 56.5 Å². The number of hydrogen-bond acceptors (Lipinski definition) is 5. The van der Waals surface area contributed by atoms with E-state index < -0.39 is 11.8 Å². The predicted octanol–water partition coefficient (Wildman–Crippen LogP) is 5.19. The predicted molar refractivity (Wildman–Crippen MR) is 139 cm³/mol. The molecule has 2 aromatic rings. The van der Waals surface area contributed by atoms with Crippen LogP contribution in [0.15, 0.2) is 45.3 Å². The van der Waals surface area contributed by atoms with Crippen molar-refractivity contribution in [2.75, 3.05) is 13.2 Å². The van der Waals surface area contributed by atoms with Gasteiger partial charge in [-0.3, -0.25) is 25.8 Å². The topological polar surface area (TPSA) is 88.7 Å². The quantitative estimate of drug-likeness (QED) is 0.197. The van der Waals surface area contributed by atoms with Gasteiger partial charge in [-0.2, -0.15) is 0 Å². The Kier molecular flexibility index (Phi) is 11.6. The number of hydrazine groups is 1. The van der Waals surface area contributed by atoms with Crippen molar-refractivity contribution in [3.63, 3.8) is 0 Å². The average Bonchev–Trinajstić information content (AvgIpc) is 2.77. The number of para-hydroxylation sites is 1. The highest BCUT2D eigenvalue weighted by Gasteiger charge is 2.14. The molecule has 3 N–H and O–H groups in total. The smallest absolute Gasteiger partial charge is 0.276 e. The molecule has 0 unspecified atom stereocenters. The van der Waals surface area contributed by atoms with Gasteiger partial charge in [0.1, 0.15) is 11.5 Å². The standard InChI is InChI=1S/C23H27Br2N3O4S/c1-3-4-5-8-11-31-19-10-7-6-9-17(19)22(30)26-23(33)28-27-20(29)14-32-21-15(2)12-16(24)13-18(21)25/h6-7,9-10,12-13H,3-5,8,11,14H2,1-2H3,(H,27,29)(H2,26,28,30,33). The first-order valence-electron chi connectivity index (χ1n) is 10.5. The molecule has 0 aromatic heterocycles. The van der Waals surface area contributed by atoms with Gasteiger partial charge < -0.3 is 9.47 Å². The fourth-order valence-electron chi connectivity index (χ4n) is 2.86. The lowest BCUT2D eigenvalue weighted by Gasteiger charge is -2.14. The molecule has 0 saturated heterocycles. The summed E-state index contributed by atoms with van der Waals surface area (Å²) in [6.07, 6.45) is 4.31. The van der Waals surface area contributed by atoms with Crippen molar-refractivity contribution in [2.45, 2.75) is 39.5 Å². The van der Waals surface area contributed by atoms with Gasteiger partial charge in [0, 0.05) is 4.47 Å². The molecule has 0 aliphatic heterocycles. The van der Waals surface area contributed by atoms with Gasteiger partial charge in [0.15, 0.2) is 11.7 Å². The Balaban J connectivity index is 1.80. The molecule has 0 saturated carbocycles. The Morgan fingerprint density at radius 1 is 1.03 bits per heavy atom. The molecule has 2 rings (SSSR count). The fourth-order valence-corrected chi connectivity index (χ4v) is 4.56. The van der Waals surface area contributed by atoms with E-state index in [2.05, 4.69) is 55.0 Å². The van der Waals surface area contributed by atoms with Crippen molar-refractivity contribution in [3.8, 4) is 11.5 Å². The average molecular weight is 601 g/mol. The van der Waals surface area contributed by atoms with E-state index in [4.69, 9.17) is 21.7 Å². The number of thiocarbonyl (C=S) groups is 1. The van der Waals surface area contributed by atoms with E-state index in [1.807, 2.05) is 19.1 Å². The number of hydrogen-bond donors (Lipinski definition) is 3. The van der Waals surface area contributed by atoms with Crippen LogP contribution in [0, 0.1) is 6.92 Å². The summed E-state index contributed by atoms with van der Waals surface area (Å²) in [5, 5.41) is 2.49. The molecule has 33 heavy (non-hydrogen) atoms. The maximum absolute atomic E-state index is 12.6. The Morgan fingerprint density at radius 3 is 2.52 bits per heavy atom. The van der Waals surface area contributed by atoms with Crippen molar-refractivity contribution in [2.24, 2.45) is 0 Å². The molecule has 0 radical (unpaired) electrons. The number of halogens is 2. The molecule has 0 fully saturated rings. The Labute approximate surface area is 216 Å². The highest BCUT2D eigenvalue weighted by Crippen LogP contribution is 2.32. The van der Waals surface area contributed by atoms with E-state index in [1.165, 1.54) is 0 Å². The number of aryl methyl sites for hydroxylation is 1. The van der Waals surface area contributed by atoms with Gasteiger partial charge in [0.25, 0.3) is 11.8 Å². The highest BCUT2D eigenvalue weighted by molar-refractivity contribution is 9.11. The molecule has 2 aromatic carbocycles. The van der Waals surface area contributed by atoms with Gasteiger partial charge in [0.05, 0.1) is 16.6 Å². The lowest BCUT2D eigenvalue weighted by Crippen LogP contribution is -2.49. The molecule has 10 heteroatoms. The molecule has 7 nitrogen and oxygen atoms in total. The van der Waals surface area contributed by atoms with Gasteiger partial charge in [-0.05, 0) is 71.3 Å². The second-order valence-electron chi connectivity index (χ2n) is 7.18. The lowest BCUT2D eigenvalue weighted by molar-refractivity contribution is -0.123. The molecule has 0 bridgehead atoms. The van der Waals surface area contributed by atoms with Crippen LogP contribution >= 0.6 is 44.1 Å². The summed E-state index contributed by atoms with van der Waals surface area (Å²) in [6.45, 7) is 4.32. The van der Waals surface area contributed by atoms with Crippen molar-refractivity contribution < 1.29 is 19.1 Å². The number of ether oxygens (including phenoxy) is 2. The van der Waals surface area contributed by atoms with Crippen LogP contribution in [0.4, 0.5) is 0 Å². The van der Waals surface area contributed by atoms with Crippen molar-refractivity contribution >= 4 is 61.0 Å². The number of amides is 2. The Bertz CT molecular complexity index is 965. The van der Waals surface area contributed by atoms with Gasteiger partial charge in [-0.1, -0.05) is 54.2 Å². The zero-order chi connectivity index (χ0) is 24.2. The van der Waals surface area contributed by atoms with E-state index in [9.17, 15) is 9.59 Å². The Morgan fingerprint density at radius 2 is 1.79 bits per heavy atom. The van der Waals surface area contributed by atoms with Crippen LogP contribution in [0.1, 0.15) is 48.5 Å². The van der Waals surface area contributed by atoms with Crippen LogP contribution < -0.4 is 25.6 Å². The van der Waals surface area contributed by atoms with Gasteiger partial charge in [-0.15, -0.1) is 0 Å². The second-order valence-corrected chi connectivity index (χ2v) is 9.36. The minimum atomic E-state index is -0.461. The number of rotatable bonds is 10. The summed E-state index contributed by atoms with van der Waals surface area (Å²) in [5.74, 6) is 0.158. The first-order chi connectivity index (χ1) is 15.8. The second kappa shape index (κ2) is 14.2. The molecule has 0 atom stereocenters. The summed E-state index contributed by atoms with van der Waals surface area (Å²) in [5.41, 5.74) is 6.14. The molecule has 178 valence electrons. The summed E-state index contributed by atoms with van der Waals surface area (Å²) >= 11 is 11.9. The zero-order valence-electron chi connectivity index (χ0n) is 18.5. The lowest BCUT2D eigenvalue weighted by atomic mass is 10.2. The largest absolute Gasteiger partial charge is 0.493 e. The van der Waals surface area contributed by atoms with Crippen LogP contribution in [0.2, 0.25) is 0 Å². The van der Waals surface area contributed by atoms with Gasteiger partial charge in [0.2, 0.25) is 0 Å². The molecule has 2 amide bonds. The van der Waals surface area contributed by atoms with E-state index in [0.717, 1.165) is 40.2 Å². The van der Waals surface area contributed by atoms with Crippen LogP contribution in [-0.2, 0) is 4.79 Å². The first kappa shape index (κ1) is 27.1. The van der Waals surface area contributed by atoms with Crippen LogP contribution in [0.5, 0.6) is 11.5 Å². The molecule has 0 heterocycles. The van der Waals surface area contributed by atoms with Crippen molar-refractivity contribution in [1.82, 2.24) is 16.2 Å². The zero-order valence-corrected chi connectivity index (χ0v) is 22.5. The number of nitrogens with one attached hydrogen (secondary N) is 3. The van der Waals surface area contributed by atoms with Crippen LogP contribution in [-0.4, -0.2) is 30.1 Å². The monoisotopic (exact) mass is 599 g/mol. The fraction of sp³-hybridized carbons (Fsp3) is 0.348. The minimum Gasteiger partial charge on any atom is -0.493 e. The summed E-state index contributed by atoms with van der Waals surface area (Å²) in [7, 11) is 0. The molecular weight excluding hydrogens is 574 g/mol. The molecule has 0 aliphatic carbocycles. The molecule has 0 spiro atoms. The third-order valence-corrected chi connectivity index (χ3v) is 5.72. The van der Waals surface area contributed by atoms with Gasteiger partial charge >= 0.3 is 0 Å². The molecular formula is C23H27Br2N3O4S. The normalized spacial score (nSPS) is 10.3. The summed E-state index contributed by atoms with van der Waals surface area (Å²) in [4.78, 5) is 24.7. The third kappa shape index (κ3) is 9.30. The number of carbonyl (C=O) groups excluding carboxylic acids is 2. The molecule has 0 aliphatic rings. The number of carbonyl (C=O) groups is 2. The van der Waals surface area contributed by atoms with Crippen LogP contribution in [0.25, 0.3) is 0 Å². The maximum Gasteiger partial charge on any atom is 0.276 e. The third-order valence-electron chi connectivity index (χ3n) is 4.47. The van der Waals surface area contributed by atoms with E-state index in [-0.39, 0.29) is 11.7 Å². The summed E-state index contributed by atoms with van der Waals surface area (Å²) < 4.78 is 13.0. The SMILES string of the molecule is CCCCCCOc1ccccc1C(=O)NC(=S)NNC(=O)COc1c(C)cc(Br)cc1Br. The van der Waals surface area contributed by atoms with Gasteiger partial charge in [-0.25, -0.2) is 0 Å². The Hall–Kier alpha value is -2.17. The van der Waals surface area contributed by atoms with Crippen LogP contribution in [0.3, 0.4) is 0 Å². The van der Waals surface area contributed by atoms with E-state index >= 15 is 0 Å². The maximum atomic E-state index is 12.6. The highest BCUT2D eigenvalue weighted by atomic mass is 79.9. The van der Waals surface area contributed by atoms with E-state index in [1.54, 1.807) is 24.3 Å². The summed E-state index contributed by atoms with van der Waals surface area (Å²) in [6, 6.07) is 10.7. The number of unbranched alkanes of at least 4 members (excludes halogenated alkanes) is 3. The van der Waals surface area contributed by atoms with E-state index in [0.29, 0.717) is 23.7 Å². The van der Waals surface area contributed by atoms with Crippen molar-refractivity contribution in [1.29, 1.82) is 0 Å². The first-order valence-corrected chi connectivity index (χ1v) is 12.5. The minimum absolute atomic E-state index is 0.0490.